The van der Waals surface area contributed by atoms with Crippen LogP contribution >= 0.6 is 0 Å². The lowest BCUT2D eigenvalue weighted by molar-refractivity contribution is 0.228. The summed E-state index contributed by atoms with van der Waals surface area (Å²) in [6.07, 6.45) is 0.652. The van der Waals surface area contributed by atoms with E-state index in [4.69, 9.17) is 9.69 Å². The number of hydrogen-bond acceptors (Lipinski definition) is 5. The number of nitrogens with zero attached hydrogens (tertiary/aromatic N) is 4. The first-order chi connectivity index (χ1) is 14.9. The highest BCUT2D eigenvalue weighted by Gasteiger charge is 2.52. The molecule has 31 heavy (non-hydrogen) atoms. The number of rotatable bonds is 9. The van der Waals surface area contributed by atoms with Gasteiger partial charge >= 0.3 is 0 Å². The van der Waals surface area contributed by atoms with E-state index in [0.717, 1.165) is 10.4 Å². The van der Waals surface area contributed by atoms with Crippen LogP contribution in [0, 0.1) is 34.0 Å². The minimum Gasteiger partial charge on any atom is -0.389 e. The summed E-state index contributed by atoms with van der Waals surface area (Å²) in [5.41, 5.74) is 0. The summed E-state index contributed by atoms with van der Waals surface area (Å²) < 4.78 is 6.72. The Morgan fingerprint density at radius 3 is 1.94 bits per heavy atom. The highest BCUT2D eigenvalue weighted by atomic mass is 28.4. The van der Waals surface area contributed by atoms with E-state index < -0.39 is 20.5 Å². The molecular weight excluding hydrogens is 402 g/mol. The summed E-state index contributed by atoms with van der Waals surface area (Å²) in [5, 5.41) is 32.9. The molecule has 0 saturated heterocycles. The predicted octanol–water partition coefficient (Wildman–Crippen LogP) is 2.88. The molecule has 2 rings (SSSR count). The SMILES string of the molecule is CC(C)(C)[Si](O[C@@H](C#N)[C@@H](C#N)/N=C\NCCC#N)(c1ccccc1)c1ccccc1. The van der Waals surface area contributed by atoms with E-state index in [1.54, 1.807) is 0 Å². The summed E-state index contributed by atoms with van der Waals surface area (Å²) in [6.45, 7) is 6.76. The van der Waals surface area contributed by atoms with Crippen LogP contribution in [-0.4, -0.2) is 33.3 Å². The molecule has 0 fully saturated rings. The minimum absolute atomic E-state index is 0.320. The normalized spacial score (nSPS) is 13.5. The van der Waals surface area contributed by atoms with E-state index in [2.05, 4.69) is 43.2 Å². The second-order valence-electron chi connectivity index (χ2n) is 8.05. The fraction of sp³-hybridized carbons (Fsp3) is 0.333. The predicted molar refractivity (Wildman–Crippen MR) is 124 cm³/mol. The zero-order valence-corrected chi connectivity index (χ0v) is 19.1. The van der Waals surface area contributed by atoms with E-state index in [-0.39, 0.29) is 5.04 Å². The van der Waals surface area contributed by atoms with Crippen LogP contribution in [0.1, 0.15) is 27.2 Å². The van der Waals surface area contributed by atoms with Crippen LogP contribution in [-0.2, 0) is 4.43 Å². The van der Waals surface area contributed by atoms with E-state index in [9.17, 15) is 10.5 Å². The molecule has 0 aliphatic carbocycles. The first kappa shape index (κ1) is 23.8. The molecule has 0 aromatic heterocycles. The second kappa shape index (κ2) is 11.1. The van der Waals surface area contributed by atoms with Crippen molar-refractivity contribution in [2.24, 2.45) is 4.99 Å². The van der Waals surface area contributed by atoms with Crippen molar-refractivity contribution in [2.45, 2.75) is 44.4 Å². The standard InChI is InChI=1S/C24H27N5OSi/c1-24(2,3)31(20-11-6-4-7-12-20,21-13-8-5-9-14-21)30-23(18-27)22(17-26)29-19-28-16-10-15-25/h4-9,11-14,19,22-23H,10,16H2,1-3H3,(H,28,29)/t22-,23+/m1/s1. The number of nitrogens with one attached hydrogen (secondary N) is 1. The van der Waals surface area contributed by atoms with Crippen LogP contribution in [0.5, 0.6) is 0 Å². The molecule has 7 heteroatoms. The zero-order chi connectivity index (χ0) is 22.7. The zero-order valence-electron chi connectivity index (χ0n) is 18.1. The third kappa shape index (κ3) is 5.58. The Bertz CT molecular complexity index is 942. The van der Waals surface area contributed by atoms with Crippen LogP contribution in [0.25, 0.3) is 0 Å². The molecule has 0 spiro atoms. The quantitative estimate of drug-likeness (QED) is 0.286. The second-order valence-corrected chi connectivity index (χ2v) is 12.3. The van der Waals surface area contributed by atoms with Gasteiger partial charge in [0.25, 0.3) is 8.32 Å². The van der Waals surface area contributed by atoms with Gasteiger partial charge in [-0.05, 0) is 15.4 Å². The van der Waals surface area contributed by atoms with Crippen molar-refractivity contribution in [3.05, 3.63) is 60.7 Å². The van der Waals surface area contributed by atoms with Gasteiger partial charge in [0, 0.05) is 6.54 Å². The van der Waals surface area contributed by atoms with Crippen molar-refractivity contribution in [1.29, 1.82) is 15.8 Å². The molecule has 0 heterocycles. The van der Waals surface area contributed by atoms with Gasteiger partial charge in [-0.1, -0.05) is 81.4 Å². The maximum absolute atomic E-state index is 9.95. The van der Waals surface area contributed by atoms with Crippen LogP contribution in [0.15, 0.2) is 65.7 Å². The Labute approximate surface area is 185 Å². The topological polar surface area (TPSA) is 105 Å². The van der Waals surface area contributed by atoms with E-state index in [1.807, 2.05) is 66.7 Å². The molecule has 1 N–H and O–H groups in total. The maximum atomic E-state index is 9.95. The first-order valence-electron chi connectivity index (χ1n) is 10.1. The molecule has 0 radical (unpaired) electrons. The first-order valence-corrected chi connectivity index (χ1v) is 12.0. The van der Waals surface area contributed by atoms with Crippen molar-refractivity contribution in [1.82, 2.24) is 5.32 Å². The lowest BCUT2D eigenvalue weighted by Crippen LogP contribution is -2.68. The van der Waals surface area contributed by atoms with Crippen LogP contribution in [0.4, 0.5) is 0 Å². The summed E-state index contributed by atoms with van der Waals surface area (Å²) >= 11 is 0. The summed E-state index contributed by atoms with van der Waals surface area (Å²) in [7, 11) is -2.98. The lowest BCUT2D eigenvalue weighted by atomic mass is 10.2. The molecule has 2 atom stereocenters. The van der Waals surface area contributed by atoms with E-state index in [1.165, 1.54) is 6.34 Å². The van der Waals surface area contributed by atoms with Crippen LogP contribution in [0.2, 0.25) is 5.04 Å². The van der Waals surface area contributed by atoms with Gasteiger partial charge in [-0.15, -0.1) is 0 Å². The summed E-state index contributed by atoms with van der Waals surface area (Å²) in [4.78, 5) is 4.21. The maximum Gasteiger partial charge on any atom is 0.263 e. The van der Waals surface area contributed by atoms with Crippen LogP contribution < -0.4 is 15.7 Å². The van der Waals surface area contributed by atoms with Gasteiger partial charge in [0.05, 0.1) is 31.0 Å². The molecule has 2 aromatic rings. The van der Waals surface area contributed by atoms with Gasteiger partial charge in [0.2, 0.25) is 0 Å². The average molecular weight is 430 g/mol. The fourth-order valence-electron chi connectivity index (χ4n) is 3.55. The fourth-order valence-corrected chi connectivity index (χ4v) is 8.13. The Morgan fingerprint density at radius 1 is 0.968 bits per heavy atom. The molecular formula is C24H27N5OSi. The molecule has 0 amide bonds. The van der Waals surface area contributed by atoms with Crippen molar-refractivity contribution in [3.63, 3.8) is 0 Å². The van der Waals surface area contributed by atoms with E-state index >= 15 is 0 Å². The molecule has 158 valence electrons. The number of benzene rings is 2. The largest absolute Gasteiger partial charge is 0.389 e. The molecule has 0 saturated carbocycles. The number of aliphatic imine (C=N–C) groups is 1. The Balaban J connectivity index is 2.53. The lowest BCUT2D eigenvalue weighted by Gasteiger charge is -2.44. The van der Waals surface area contributed by atoms with Crippen molar-refractivity contribution in [2.75, 3.05) is 6.54 Å². The summed E-state index contributed by atoms with van der Waals surface area (Å²) in [5.74, 6) is 0. The molecule has 0 aliphatic heterocycles. The third-order valence-corrected chi connectivity index (χ3v) is 9.99. The van der Waals surface area contributed by atoms with Gasteiger partial charge in [-0.25, -0.2) is 0 Å². The Morgan fingerprint density at radius 2 is 1.52 bits per heavy atom. The van der Waals surface area contributed by atoms with Crippen molar-refractivity contribution in [3.8, 4) is 18.2 Å². The van der Waals surface area contributed by atoms with Gasteiger partial charge in [0.15, 0.2) is 12.1 Å². The molecule has 6 nitrogen and oxygen atoms in total. The van der Waals surface area contributed by atoms with Crippen molar-refractivity contribution < 1.29 is 4.43 Å². The number of nitriles is 3. The van der Waals surface area contributed by atoms with Gasteiger partial charge < -0.3 is 9.74 Å². The Hall–Kier alpha value is -3.44. The third-order valence-electron chi connectivity index (χ3n) is 4.97. The molecule has 0 bridgehead atoms. The van der Waals surface area contributed by atoms with Gasteiger partial charge in [0.1, 0.15) is 0 Å². The smallest absolute Gasteiger partial charge is 0.263 e. The van der Waals surface area contributed by atoms with Gasteiger partial charge in [-0.2, -0.15) is 15.8 Å². The molecule has 0 aliphatic rings. The molecule has 0 unspecified atom stereocenters. The highest BCUT2D eigenvalue weighted by molar-refractivity contribution is 6.99. The highest BCUT2D eigenvalue weighted by Crippen LogP contribution is 2.37. The number of hydrogen-bond donors (Lipinski definition) is 1. The molecule has 2 aromatic carbocycles. The van der Waals surface area contributed by atoms with E-state index in [0.29, 0.717) is 13.0 Å². The van der Waals surface area contributed by atoms with Crippen LogP contribution in [0.3, 0.4) is 0 Å². The summed E-state index contributed by atoms with van der Waals surface area (Å²) in [6, 6.07) is 25.2. The van der Waals surface area contributed by atoms with Crippen molar-refractivity contribution >= 4 is 25.0 Å². The monoisotopic (exact) mass is 429 g/mol. The minimum atomic E-state index is -2.98. The average Bonchev–Trinajstić information content (AvgIpc) is 2.78. The Kier molecular flexibility index (Phi) is 8.52. The van der Waals surface area contributed by atoms with Gasteiger partial charge in [-0.3, -0.25) is 4.99 Å².